The van der Waals surface area contributed by atoms with Crippen molar-refractivity contribution in [2.75, 3.05) is 51.3 Å². The minimum atomic E-state index is -0.520. The number of nitrogens with one attached hydrogen (secondary N) is 3. The van der Waals surface area contributed by atoms with Gasteiger partial charge < -0.3 is 34.6 Å². The van der Waals surface area contributed by atoms with E-state index in [1.54, 1.807) is 0 Å². The summed E-state index contributed by atoms with van der Waals surface area (Å²) < 4.78 is 11.1. The van der Waals surface area contributed by atoms with Crippen LogP contribution in [0.1, 0.15) is 46.5 Å². The van der Waals surface area contributed by atoms with Gasteiger partial charge in [0.05, 0.1) is 35.1 Å². The van der Waals surface area contributed by atoms with E-state index in [1.165, 1.54) is 5.69 Å². The van der Waals surface area contributed by atoms with Crippen LogP contribution in [0.2, 0.25) is 0 Å². The SMILES string of the molecule is CN1CCN(c2ccc3nc(-c4ccc5nc(-c6ccc(OCCCCC(=O)NCCC(=O)OC(C)(C)C)cc6)[nH]c5c4)[nH]c3c2)CC1. The maximum Gasteiger partial charge on any atom is 0.308 e. The molecule has 6 rings (SSSR count). The number of carbonyl (C=O) groups is 2. The van der Waals surface area contributed by atoms with Gasteiger partial charge in [0.15, 0.2) is 0 Å². The Hall–Kier alpha value is -4.90. The monoisotopic (exact) mass is 651 g/mol. The average Bonchev–Trinajstić information content (AvgIpc) is 3.68. The first-order chi connectivity index (χ1) is 23.1. The molecule has 0 aliphatic carbocycles. The molecule has 1 aliphatic rings. The molecule has 3 aromatic carbocycles. The highest BCUT2D eigenvalue weighted by atomic mass is 16.6. The number of imidazole rings is 2. The van der Waals surface area contributed by atoms with Crippen molar-refractivity contribution in [3.8, 4) is 28.5 Å². The van der Waals surface area contributed by atoms with E-state index < -0.39 is 5.60 Å². The lowest BCUT2D eigenvalue weighted by atomic mass is 10.2. The highest BCUT2D eigenvalue weighted by Crippen LogP contribution is 2.29. The third-order valence-corrected chi connectivity index (χ3v) is 8.36. The van der Waals surface area contributed by atoms with Gasteiger partial charge in [-0.05, 0) is 101 Å². The average molecular weight is 652 g/mol. The van der Waals surface area contributed by atoms with E-state index in [-0.39, 0.29) is 24.8 Å². The van der Waals surface area contributed by atoms with Gasteiger partial charge in [0.25, 0.3) is 0 Å². The molecule has 1 saturated heterocycles. The zero-order valence-corrected chi connectivity index (χ0v) is 28.3. The molecule has 252 valence electrons. The Kier molecular flexibility index (Phi) is 9.95. The number of amides is 1. The summed E-state index contributed by atoms with van der Waals surface area (Å²) in [5.41, 5.74) is 6.48. The number of aromatic nitrogens is 4. The summed E-state index contributed by atoms with van der Waals surface area (Å²) in [7, 11) is 2.17. The Morgan fingerprint density at radius 2 is 1.46 bits per heavy atom. The fourth-order valence-corrected chi connectivity index (χ4v) is 5.76. The van der Waals surface area contributed by atoms with Crippen LogP contribution in [0.3, 0.4) is 0 Å². The van der Waals surface area contributed by atoms with Gasteiger partial charge in [0.2, 0.25) is 5.91 Å². The molecule has 11 nitrogen and oxygen atoms in total. The number of hydrogen-bond donors (Lipinski definition) is 3. The van der Waals surface area contributed by atoms with E-state index in [9.17, 15) is 9.59 Å². The standard InChI is InChI=1S/C37H45N7O4/c1-37(2,3)48-34(46)16-17-38-33(45)7-5-6-22-47-28-12-8-25(9-13-28)35-39-29-14-10-26(23-31(29)41-35)36-40-30-15-11-27(24-32(30)42-36)44-20-18-43(4)19-21-44/h8-15,23-24H,5-7,16-22H2,1-4H3,(H,38,45)(H,39,41)(H,40,42). The maximum absolute atomic E-state index is 12.1. The van der Waals surface area contributed by atoms with Crippen LogP contribution in [0, 0.1) is 0 Å². The van der Waals surface area contributed by atoms with Crippen LogP contribution in [0.5, 0.6) is 5.75 Å². The number of piperazine rings is 1. The van der Waals surface area contributed by atoms with Crippen molar-refractivity contribution in [3.63, 3.8) is 0 Å². The molecule has 0 unspecified atom stereocenters. The largest absolute Gasteiger partial charge is 0.494 e. The number of ether oxygens (including phenoxy) is 2. The zero-order chi connectivity index (χ0) is 33.7. The van der Waals surface area contributed by atoms with E-state index in [2.05, 4.69) is 62.5 Å². The Labute approximate surface area is 281 Å². The zero-order valence-electron chi connectivity index (χ0n) is 28.3. The molecule has 1 amide bonds. The third kappa shape index (κ3) is 8.51. The number of unbranched alkanes of at least 4 members (excludes halogenated alkanes) is 1. The molecule has 0 spiro atoms. The van der Waals surface area contributed by atoms with Crippen LogP contribution in [-0.2, 0) is 14.3 Å². The molecule has 0 radical (unpaired) electrons. The quantitative estimate of drug-likeness (QED) is 0.112. The molecule has 2 aromatic heterocycles. The Morgan fingerprint density at radius 1 is 0.812 bits per heavy atom. The molecule has 0 saturated carbocycles. The van der Waals surface area contributed by atoms with Crippen LogP contribution in [0.25, 0.3) is 44.8 Å². The number of hydrogen-bond acceptors (Lipinski definition) is 8. The topological polar surface area (TPSA) is 128 Å². The Balaban J connectivity index is 0.985. The summed E-state index contributed by atoms with van der Waals surface area (Å²) >= 11 is 0. The molecular formula is C37H45N7O4. The van der Waals surface area contributed by atoms with Crippen molar-refractivity contribution >= 4 is 39.6 Å². The number of fused-ring (bicyclic) bond motifs is 2. The summed E-state index contributed by atoms with van der Waals surface area (Å²) in [4.78, 5) is 45.3. The number of benzene rings is 3. The number of anilines is 1. The molecule has 48 heavy (non-hydrogen) atoms. The fourth-order valence-electron chi connectivity index (χ4n) is 5.76. The van der Waals surface area contributed by atoms with E-state index in [0.29, 0.717) is 19.4 Å². The van der Waals surface area contributed by atoms with E-state index in [1.807, 2.05) is 51.1 Å². The lowest BCUT2D eigenvalue weighted by molar-refractivity contribution is -0.154. The number of carbonyl (C=O) groups excluding carboxylic acids is 2. The molecule has 3 heterocycles. The van der Waals surface area contributed by atoms with Gasteiger partial charge in [-0.2, -0.15) is 0 Å². The van der Waals surface area contributed by atoms with Crippen LogP contribution in [0.15, 0.2) is 60.7 Å². The van der Waals surface area contributed by atoms with Crippen molar-refractivity contribution in [1.29, 1.82) is 0 Å². The van der Waals surface area contributed by atoms with Crippen molar-refractivity contribution in [2.45, 2.75) is 52.1 Å². The first kappa shape index (κ1) is 33.0. The Bertz CT molecular complexity index is 1860. The van der Waals surface area contributed by atoms with Crippen LogP contribution in [-0.4, -0.2) is 88.7 Å². The lowest BCUT2D eigenvalue weighted by Crippen LogP contribution is -2.44. The second-order valence-electron chi connectivity index (χ2n) is 13.4. The van der Waals surface area contributed by atoms with Crippen LogP contribution < -0.4 is 15.0 Å². The van der Waals surface area contributed by atoms with Crippen molar-refractivity contribution in [2.24, 2.45) is 0 Å². The number of aromatic amines is 2. The second-order valence-corrected chi connectivity index (χ2v) is 13.4. The summed E-state index contributed by atoms with van der Waals surface area (Å²) in [6.45, 7) is 10.5. The summed E-state index contributed by atoms with van der Waals surface area (Å²) in [6.07, 6.45) is 2.00. The molecular weight excluding hydrogens is 606 g/mol. The van der Waals surface area contributed by atoms with Crippen LogP contribution in [0.4, 0.5) is 5.69 Å². The van der Waals surface area contributed by atoms with Gasteiger partial charge >= 0.3 is 5.97 Å². The summed E-state index contributed by atoms with van der Waals surface area (Å²) in [5.74, 6) is 1.99. The number of rotatable bonds is 12. The summed E-state index contributed by atoms with van der Waals surface area (Å²) in [6, 6.07) is 20.5. The highest BCUT2D eigenvalue weighted by Gasteiger charge is 2.17. The van der Waals surface area contributed by atoms with E-state index >= 15 is 0 Å². The number of nitrogens with zero attached hydrogens (tertiary/aromatic N) is 4. The minimum Gasteiger partial charge on any atom is -0.494 e. The smallest absolute Gasteiger partial charge is 0.308 e. The fraction of sp³-hybridized carbons (Fsp3) is 0.405. The van der Waals surface area contributed by atoms with Crippen molar-refractivity contribution in [1.82, 2.24) is 30.2 Å². The number of esters is 1. The van der Waals surface area contributed by atoms with E-state index in [0.717, 1.165) is 83.2 Å². The molecule has 1 fully saturated rings. The number of H-pyrrole nitrogens is 2. The van der Waals surface area contributed by atoms with Gasteiger partial charge in [-0.25, -0.2) is 9.97 Å². The first-order valence-electron chi connectivity index (χ1n) is 16.7. The molecule has 0 bridgehead atoms. The molecule has 5 aromatic rings. The Morgan fingerprint density at radius 3 is 2.17 bits per heavy atom. The second kappa shape index (κ2) is 14.5. The van der Waals surface area contributed by atoms with Gasteiger partial charge in [0.1, 0.15) is 23.0 Å². The predicted octanol–water partition coefficient (Wildman–Crippen LogP) is 5.92. The third-order valence-electron chi connectivity index (χ3n) is 8.36. The van der Waals surface area contributed by atoms with Gasteiger partial charge in [-0.3, -0.25) is 9.59 Å². The molecule has 1 aliphatic heterocycles. The van der Waals surface area contributed by atoms with Crippen molar-refractivity contribution in [3.05, 3.63) is 60.7 Å². The normalized spacial score (nSPS) is 14.0. The summed E-state index contributed by atoms with van der Waals surface area (Å²) in [5, 5.41) is 2.77. The molecule has 11 heteroatoms. The maximum atomic E-state index is 12.1. The van der Waals surface area contributed by atoms with Crippen LogP contribution >= 0.6 is 0 Å². The minimum absolute atomic E-state index is 0.0752. The van der Waals surface area contributed by atoms with Gasteiger partial charge in [0, 0.05) is 56.0 Å². The first-order valence-corrected chi connectivity index (χ1v) is 16.7. The highest BCUT2D eigenvalue weighted by molar-refractivity contribution is 5.87. The molecule has 3 N–H and O–H groups in total. The lowest BCUT2D eigenvalue weighted by Gasteiger charge is -2.34. The van der Waals surface area contributed by atoms with Gasteiger partial charge in [-0.15, -0.1) is 0 Å². The predicted molar refractivity (Wildman–Crippen MR) is 189 cm³/mol. The van der Waals surface area contributed by atoms with Gasteiger partial charge in [-0.1, -0.05) is 0 Å². The number of likely N-dealkylation sites (N-methyl/N-ethyl adjacent to an activating group) is 1. The van der Waals surface area contributed by atoms with Crippen molar-refractivity contribution < 1.29 is 19.1 Å². The molecule has 0 atom stereocenters. The van der Waals surface area contributed by atoms with E-state index in [4.69, 9.17) is 19.4 Å².